The average Bonchev–Trinajstić information content (AvgIpc) is 2.51. The predicted molar refractivity (Wildman–Crippen MR) is 68.3 cm³/mol. The van der Waals surface area contributed by atoms with E-state index in [1.165, 1.54) is 6.20 Å². The molecule has 100 valence electrons. The Balaban J connectivity index is 2.28. The third kappa shape index (κ3) is 2.77. The van der Waals surface area contributed by atoms with Crippen molar-refractivity contribution in [3.63, 3.8) is 0 Å². The summed E-state index contributed by atoms with van der Waals surface area (Å²) in [7, 11) is 4.12. The fourth-order valence-electron chi connectivity index (χ4n) is 2.28. The van der Waals surface area contributed by atoms with Gasteiger partial charge in [0.05, 0.1) is 18.2 Å². The lowest BCUT2D eigenvalue weighted by atomic mass is 10.2. The molecule has 6 heteroatoms. The number of aliphatic hydroxyl groups excluding tert-OH is 1. The standard InChI is InChI=1S/C12H20N4O2/c1-15-4-3-5-16(2)10(7-15)11-13-6-9(8-17)12(18)14-11/h6,10,17H,3-5,7-8H2,1-2H3,(H,13,14,18). The molecule has 2 heterocycles. The van der Waals surface area contributed by atoms with E-state index in [0.717, 1.165) is 26.1 Å². The molecular formula is C12H20N4O2. The Labute approximate surface area is 106 Å². The third-order valence-corrected chi connectivity index (χ3v) is 3.45. The molecule has 1 saturated heterocycles. The highest BCUT2D eigenvalue weighted by Gasteiger charge is 2.24. The molecule has 0 aromatic carbocycles. The largest absolute Gasteiger partial charge is 0.391 e. The molecule has 0 aliphatic carbocycles. The zero-order valence-corrected chi connectivity index (χ0v) is 10.9. The topological polar surface area (TPSA) is 72.5 Å². The van der Waals surface area contributed by atoms with Gasteiger partial charge in [-0.25, -0.2) is 4.98 Å². The first-order chi connectivity index (χ1) is 8.61. The van der Waals surface area contributed by atoms with Crippen molar-refractivity contribution in [3.8, 4) is 0 Å². The quantitative estimate of drug-likeness (QED) is 0.747. The van der Waals surface area contributed by atoms with Crippen molar-refractivity contribution in [2.24, 2.45) is 0 Å². The van der Waals surface area contributed by atoms with Gasteiger partial charge in [-0.2, -0.15) is 0 Å². The Kier molecular flexibility index (Phi) is 4.11. The molecule has 0 radical (unpaired) electrons. The number of aliphatic hydroxyl groups is 1. The number of hydrogen-bond acceptors (Lipinski definition) is 5. The molecule has 1 atom stereocenters. The van der Waals surface area contributed by atoms with Crippen molar-refractivity contribution in [2.75, 3.05) is 33.7 Å². The Bertz CT molecular complexity index is 460. The van der Waals surface area contributed by atoms with Crippen LogP contribution >= 0.6 is 0 Å². The van der Waals surface area contributed by atoms with Crippen LogP contribution in [-0.4, -0.2) is 58.6 Å². The second kappa shape index (κ2) is 5.60. The van der Waals surface area contributed by atoms with Crippen LogP contribution in [0.3, 0.4) is 0 Å². The van der Waals surface area contributed by atoms with Gasteiger partial charge in [-0.3, -0.25) is 9.69 Å². The molecular weight excluding hydrogens is 232 g/mol. The van der Waals surface area contributed by atoms with Crippen molar-refractivity contribution in [1.82, 2.24) is 19.8 Å². The zero-order valence-electron chi connectivity index (χ0n) is 10.9. The van der Waals surface area contributed by atoms with Crippen molar-refractivity contribution in [2.45, 2.75) is 19.1 Å². The Morgan fingerprint density at radius 2 is 2.28 bits per heavy atom. The molecule has 0 spiro atoms. The Morgan fingerprint density at radius 3 is 2.94 bits per heavy atom. The number of H-pyrrole nitrogens is 1. The molecule has 1 fully saturated rings. The van der Waals surface area contributed by atoms with Gasteiger partial charge in [0.15, 0.2) is 0 Å². The van der Waals surface area contributed by atoms with Crippen LogP contribution in [-0.2, 0) is 6.61 Å². The van der Waals surface area contributed by atoms with E-state index in [2.05, 4.69) is 26.8 Å². The van der Waals surface area contributed by atoms with Gasteiger partial charge in [0, 0.05) is 12.7 Å². The molecule has 2 N–H and O–H groups in total. The summed E-state index contributed by atoms with van der Waals surface area (Å²) < 4.78 is 0. The first-order valence-electron chi connectivity index (χ1n) is 6.19. The number of aromatic nitrogens is 2. The minimum absolute atomic E-state index is 0.0953. The highest BCUT2D eigenvalue weighted by molar-refractivity contribution is 5.07. The maximum Gasteiger partial charge on any atom is 0.256 e. The van der Waals surface area contributed by atoms with Crippen LogP contribution in [0.1, 0.15) is 23.9 Å². The average molecular weight is 252 g/mol. The lowest BCUT2D eigenvalue weighted by Crippen LogP contribution is -2.33. The van der Waals surface area contributed by atoms with E-state index >= 15 is 0 Å². The van der Waals surface area contributed by atoms with Gasteiger partial charge >= 0.3 is 0 Å². The monoisotopic (exact) mass is 252 g/mol. The van der Waals surface area contributed by atoms with Gasteiger partial charge < -0.3 is 15.0 Å². The Hall–Kier alpha value is -1.24. The molecule has 1 unspecified atom stereocenters. The first-order valence-corrected chi connectivity index (χ1v) is 6.19. The van der Waals surface area contributed by atoms with Crippen LogP contribution in [0, 0.1) is 0 Å². The molecule has 2 rings (SSSR count). The summed E-state index contributed by atoms with van der Waals surface area (Å²) in [6.07, 6.45) is 2.58. The van der Waals surface area contributed by atoms with Crippen molar-refractivity contribution < 1.29 is 5.11 Å². The third-order valence-electron chi connectivity index (χ3n) is 3.45. The van der Waals surface area contributed by atoms with E-state index in [4.69, 9.17) is 5.11 Å². The van der Waals surface area contributed by atoms with Gasteiger partial charge in [-0.1, -0.05) is 0 Å². The van der Waals surface area contributed by atoms with Gasteiger partial charge in [0.25, 0.3) is 5.56 Å². The fraction of sp³-hybridized carbons (Fsp3) is 0.667. The molecule has 6 nitrogen and oxygen atoms in total. The summed E-state index contributed by atoms with van der Waals surface area (Å²) in [5.74, 6) is 0.674. The van der Waals surface area contributed by atoms with Crippen LogP contribution in [0.25, 0.3) is 0 Å². The van der Waals surface area contributed by atoms with Crippen molar-refractivity contribution in [3.05, 3.63) is 27.9 Å². The van der Waals surface area contributed by atoms with E-state index in [0.29, 0.717) is 11.4 Å². The normalized spacial score (nSPS) is 22.9. The maximum absolute atomic E-state index is 11.7. The highest BCUT2D eigenvalue weighted by Crippen LogP contribution is 2.19. The number of aromatic amines is 1. The van der Waals surface area contributed by atoms with Crippen LogP contribution < -0.4 is 5.56 Å². The van der Waals surface area contributed by atoms with E-state index in [1.54, 1.807) is 0 Å². The van der Waals surface area contributed by atoms with Crippen LogP contribution in [0.5, 0.6) is 0 Å². The highest BCUT2D eigenvalue weighted by atomic mass is 16.3. The number of nitrogens with zero attached hydrogens (tertiary/aromatic N) is 3. The molecule has 1 aromatic rings. The molecule has 1 aromatic heterocycles. The summed E-state index contributed by atoms with van der Waals surface area (Å²) in [5, 5.41) is 8.98. The van der Waals surface area contributed by atoms with Gasteiger partial charge in [0.1, 0.15) is 5.82 Å². The minimum Gasteiger partial charge on any atom is -0.391 e. The van der Waals surface area contributed by atoms with E-state index in [9.17, 15) is 4.79 Å². The molecule has 0 saturated carbocycles. The minimum atomic E-state index is -0.275. The summed E-state index contributed by atoms with van der Waals surface area (Å²) in [4.78, 5) is 23.2. The van der Waals surface area contributed by atoms with E-state index in [-0.39, 0.29) is 18.2 Å². The molecule has 1 aliphatic heterocycles. The molecule has 18 heavy (non-hydrogen) atoms. The summed E-state index contributed by atoms with van der Waals surface area (Å²) in [6, 6.07) is 0.0953. The van der Waals surface area contributed by atoms with Crippen LogP contribution in [0.2, 0.25) is 0 Å². The number of hydrogen-bond donors (Lipinski definition) is 2. The van der Waals surface area contributed by atoms with Gasteiger partial charge in [0.2, 0.25) is 0 Å². The van der Waals surface area contributed by atoms with Crippen molar-refractivity contribution in [1.29, 1.82) is 0 Å². The van der Waals surface area contributed by atoms with Crippen molar-refractivity contribution >= 4 is 0 Å². The summed E-state index contributed by atoms with van der Waals surface area (Å²) in [6.45, 7) is 2.61. The van der Waals surface area contributed by atoms with Gasteiger partial charge in [-0.05, 0) is 33.6 Å². The number of likely N-dealkylation sites (N-methyl/N-ethyl adjacent to an activating group) is 2. The molecule has 1 aliphatic rings. The Morgan fingerprint density at radius 1 is 1.50 bits per heavy atom. The maximum atomic E-state index is 11.7. The second-order valence-corrected chi connectivity index (χ2v) is 4.89. The van der Waals surface area contributed by atoms with Gasteiger partial charge in [-0.15, -0.1) is 0 Å². The summed E-state index contributed by atoms with van der Waals surface area (Å²) in [5.41, 5.74) is 0.0613. The zero-order chi connectivity index (χ0) is 13.1. The van der Waals surface area contributed by atoms with Crippen LogP contribution in [0.4, 0.5) is 0 Å². The van der Waals surface area contributed by atoms with E-state index in [1.807, 2.05) is 7.05 Å². The van der Waals surface area contributed by atoms with Crippen LogP contribution in [0.15, 0.2) is 11.0 Å². The van der Waals surface area contributed by atoms with E-state index < -0.39 is 0 Å². The number of nitrogens with one attached hydrogen (secondary N) is 1. The fourth-order valence-corrected chi connectivity index (χ4v) is 2.28. The summed E-state index contributed by atoms with van der Waals surface area (Å²) >= 11 is 0. The molecule has 0 amide bonds. The smallest absolute Gasteiger partial charge is 0.256 e. The SMILES string of the molecule is CN1CCCN(C)C(c2ncc(CO)c(=O)[nH]2)C1. The molecule has 0 bridgehead atoms. The lowest BCUT2D eigenvalue weighted by Gasteiger charge is -2.26. The second-order valence-electron chi connectivity index (χ2n) is 4.89. The number of rotatable bonds is 2. The lowest BCUT2D eigenvalue weighted by molar-refractivity contribution is 0.218. The first kappa shape index (κ1) is 13.2. The predicted octanol–water partition coefficient (Wildman–Crippen LogP) is -0.429.